The molecule has 1 aromatic carbocycles. The van der Waals surface area contributed by atoms with E-state index in [0.29, 0.717) is 19.1 Å². The number of hydrogen-bond donors (Lipinski definition) is 0. The number of nitrogens with zero attached hydrogens (tertiary/aromatic N) is 1. The first-order valence-corrected chi connectivity index (χ1v) is 11.2. The van der Waals surface area contributed by atoms with Crippen molar-refractivity contribution in [3.8, 4) is 5.75 Å². The molecule has 1 heterocycles. The van der Waals surface area contributed by atoms with E-state index in [2.05, 4.69) is 4.57 Å². The molecule has 0 N–H and O–H groups in total. The molecule has 188 valence electrons. The second kappa shape index (κ2) is 15.4. The van der Waals surface area contributed by atoms with Crippen molar-refractivity contribution in [2.24, 2.45) is 0 Å². The third-order valence-corrected chi connectivity index (χ3v) is 3.62. The monoisotopic (exact) mass is 505 g/mol. The van der Waals surface area contributed by atoms with E-state index in [1.807, 2.05) is 42.7 Å². The van der Waals surface area contributed by atoms with Crippen LogP contribution in [0.15, 0.2) is 54.9 Å². The molecule has 0 saturated heterocycles. The van der Waals surface area contributed by atoms with Crippen molar-refractivity contribution in [1.29, 1.82) is 0 Å². The van der Waals surface area contributed by atoms with E-state index in [9.17, 15) is 25.8 Å². The maximum Gasteiger partial charge on any atom is -1.00 e. The minimum absolute atomic E-state index is 0. The quantitative estimate of drug-likeness (QED) is 0.111. The number of esters is 1. The van der Waals surface area contributed by atoms with Gasteiger partial charge in [0.1, 0.15) is 25.7 Å². The Hall–Kier alpha value is -2.43. The summed E-state index contributed by atoms with van der Waals surface area (Å²) in [6.45, 7) is 2.11. The molecule has 0 spiro atoms. The van der Waals surface area contributed by atoms with Crippen LogP contribution in [0.4, 0.5) is 21.0 Å². The van der Waals surface area contributed by atoms with Crippen molar-refractivity contribution < 1.29 is 54.0 Å². The van der Waals surface area contributed by atoms with Crippen LogP contribution in [0.25, 0.3) is 0 Å². The fourth-order valence-electron chi connectivity index (χ4n) is 2.24. The molecule has 33 heavy (non-hydrogen) atoms. The maximum atomic E-state index is 11.7. The summed E-state index contributed by atoms with van der Waals surface area (Å²) in [6.07, 6.45) is 5.98. The molecule has 0 aliphatic carbocycles. The zero-order valence-electron chi connectivity index (χ0n) is 17.8. The number of halogens is 6. The van der Waals surface area contributed by atoms with Crippen LogP contribution in [0, 0.1) is 0 Å². The van der Waals surface area contributed by atoms with Gasteiger partial charge in [0.25, 0.3) is 0 Å². The van der Waals surface area contributed by atoms with Gasteiger partial charge in [-0.2, -0.15) is 0 Å². The van der Waals surface area contributed by atoms with Gasteiger partial charge in [-0.25, -0.2) is 9.36 Å². The van der Waals surface area contributed by atoms with Gasteiger partial charge in [0.15, 0.2) is 19.0 Å². The Balaban J connectivity index is 0.00000129. The van der Waals surface area contributed by atoms with Crippen LogP contribution in [0.5, 0.6) is 5.75 Å². The van der Waals surface area contributed by atoms with Gasteiger partial charge in [0.05, 0.1) is 0 Å². The smallest absolute Gasteiger partial charge is 1.00 e. The fourth-order valence-corrected chi connectivity index (χ4v) is 2.24. The number of rotatable bonds is 12. The van der Waals surface area contributed by atoms with Crippen LogP contribution < -0.4 is 14.0 Å². The predicted octanol–water partition coefficient (Wildman–Crippen LogP) is 2.46. The van der Waals surface area contributed by atoms with Crippen LogP contribution in [0.2, 0.25) is 0 Å². The summed E-state index contributed by atoms with van der Waals surface area (Å²) in [4.78, 5) is 11.7. The molecule has 0 atom stereocenters. The largest absolute Gasteiger partial charge is 1.00 e. The van der Waals surface area contributed by atoms with E-state index in [1.54, 1.807) is 19.2 Å². The van der Waals surface area contributed by atoms with E-state index >= 15 is 0 Å². The van der Waals surface area contributed by atoms with Gasteiger partial charge in [-0.15, -0.1) is 0 Å². The van der Waals surface area contributed by atoms with Crippen molar-refractivity contribution >= 4 is 14.1 Å². The molecule has 0 aliphatic rings. The first-order valence-electron chi connectivity index (χ1n) is 9.50. The molecular formula is C20H26F6NO5P. The molecule has 0 bridgehead atoms. The average Bonchev–Trinajstić information content (AvgIpc) is 2.73. The maximum absolute atomic E-state index is 11.7. The standard InChI is InChI=1S/C20H26NO5.F5P.FH/c1-23-17-24-14-6-5-11-21-12-9-18(10-13-21)15-26-20(22)16-25-19-7-3-2-4-8-19;1-6(2,3,4)5;/h2-4,7-10,12-13H,5-6,11,14-17H2,1H3;;1H/q+1;;/p-1. The van der Waals surface area contributed by atoms with Crippen LogP contribution >= 0.6 is 8.16 Å². The second-order valence-corrected chi connectivity index (χ2v) is 7.65. The van der Waals surface area contributed by atoms with E-state index in [0.717, 1.165) is 24.9 Å². The van der Waals surface area contributed by atoms with Crippen molar-refractivity contribution in [3.63, 3.8) is 0 Å². The number of carbonyl (C=O) groups excluding carboxylic acids is 1. The topological polar surface area (TPSA) is 57.9 Å². The molecule has 0 fully saturated rings. The Morgan fingerprint density at radius 3 is 2.15 bits per heavy atom. The first-order chi connectivity index (χ1) is 15.0. The van der Waals surface area contributed by atoms with Gasteiger partial charge < -0.3 is 23.7 Å². The molecule has 6 nitrogen and oxygen atoms in total. The summed E-state index contributed by atoms with van der Waals surface area (Å²) < 4.78 is 72.0. The molecule has 0 aliphatic heterocycles. The Kier molecular flexibility index (Phi) is 14.3. The number of pyridine rings is 1. The number of aromatic nitrogens is 1. The van der Waals surface area contributed by atoms with Crippen LogP contribution in [0.3, 0.4) is 0 Å². The van der Waals surface area contributed by atoms with Gasteiger partial charge in [-0.3, -0.25) is 0 Å². The van der Waals surface area contributed by atoms with E-state index in [4.69, 9.17) is 18.9 Å². The van der Waals surface area contributed by atoms with Gasteiger partial charge in [-0.1, -0.05) is 18.2 Å². The Morgan fingerprint density at radius 1 is 0.970 bits per heavy atom. The molecule has 1 aromatic heterocycles. The first kappa shape index (κ1) is 30.6. The molecule has 0 unspecified atom stereocenters. The summed E-state index contributed by atoms with van der Waals surface area (Å²) in [5.41, 5.74) is 0.942. The second-order valence-electron chi connectivity index (χ2n) is 6.37. The van der Waals surface area contributed by atoms with Gasteiger partial charge in [-0.05, 0) is 18.6 Å². The minimum atomic E-state index is -8.55. The van der Waals surface area contributed by atoms with E-state index in [-0.39, 0.29) is 23.9 Å². The van der Waals surface area contributed by atoms with Crippen molar-refractivity contribution in [3.05, 3.63) is 60.4 Å². The number of para-hydroxylation sites is 1. The molecule has 2 rings (SSSR count). The normalized spacial score (nSPS) is 11.8. The zero-order chi connectivity index (χ0) is 23.9. The molecule has 0 radical (unpaired) electrons. The predicted molar refractivity (Wildman–Crippen MR) is 108 cm³/mol. The Labute approximate surface area is 188 Å². The van der Waals surface area contributed by atoms with Crippen LogP contribution in [-0.2, 0) is 32.2 Å². The van der Waals surface area contributed by atoms with Crippen molar-refractivity contribution in [2.75, 3.05) is 27.1 Å². The molecular weight excluding hydrogens is 479 g/mol. The number of aryl methyl sites for hydroxylation is 1. The van der Waals surface area contributed by atoms with Gasteiger partial charge >= 0.3 is 35.1 Å². The number of hydrogen-bond acceptors (Lipinski definition) is 5. The SMILES string of the molecule is COCOCCCC[n+]1ccc(COC(=O)COc2ccccc2)cc1.FP(F)(F)(F)F.[F-]. The average molecular weight is 505 g/mol. The number of methoxy groups -OCH3 is 1. The zero-order valence-corrected chi connectivity index (χ0v) is 18.7. The van der Waals surface area contributed by atoms with Crippen LogP contribution in [-0.4, -0.2) is 33.1 Å². The number of ether oxygens (including phenoxy) is 4. The molecule has 2 aromatic rings. The third kappa shape index (κ3) is 19.9. The van der Waals surface area contributed by atoms with Gasteiger partial charge in [0.2, 0.25) is 0 Å². The summed E-state index contributed by atoms with van der Waals surface area (Å²) in [7, 11) is -6.93. The molecule has 0 saturated carbocycles. The third-order valence-electron chi connectivity index (χ3n) is 3.62. The van der Waals surface area contributed by atoms with Crippen molar-refractivity contribution in [1.82, 2.24) is 0 Å². The summed E-state index contributed by atoms with van der Waals surface area (Å²) in [5, 5.41) is 0. The van der Waals surface area contributed by atoms with Crippen LogP contribution in [0.1, 0.15) is 18.4 Å². The van der Waals surface area contributed by atoms with Crippen molar-refractivity contribution in [2.45, 2.75) is 26.0 Å². The fraction of sp³-hybridized carbons (Fsp3) is 0.400. The minimum Gasteiger partial charge on any atom is -1.00 e. The van der Waals surface area contributed by atoms with Gasteiger partial charge in [0, 0.05) is 37.8 Å². The number of benzene rings is 1. The Bertz CT molecular complexity index is 774. The Morgan fingerprint density at radius 2 is 1.58 bits per heavy atom. The molecule has 0 amide bonds. The summed E-state index contributed by atoms with van der Waals surface area (Å²) >= 11 is 0. The van der Waals surface area contributed by atoms with E-state index in [1.165, 1.54) is 0 Å². The number of carbonyl (C=O) groups is 1. The summed E-state index contributed by atoms with van der Waals surface area (Å²) in [5.74, 6) is 0.263. The number of unbranched alkanes of at least 4 members (excludes halogenated alkanes) is 1. The molecule has 13 heteroatoms. The van der Waals surface area contributed by atoms with E-state index < -0.39 is 8.16 Å². The summed E-state index contributed by atoms with van der Waals surface area (Å²) in [6, 6.07) is 13.1.